The van der Waals surface area contributed by atoms with Gasteiger partial charge < -0.3 is 0 Å². The van der Waals surface area contributed by atoms with Gasteiger partial charge in [-0.15, -0.1) is 0 Å². The SMILES string of the molecule is CC(C)c1ccn(C)n1.CC1=CC=C(C(C)C)C1.CC1=CN=C(C(C)C)C1. The lowest BCUT2D eigenvalue weighted by Gasteiger charge is -2.04. The van der Waals surface area contributed by atoms with Gasteiger partial charge in [0.05, 0.1) is 5.69 Å². The average Bonchev–Trinajstić information content (AvgIpc) is 3.30. The molecule has 0 spiro atoms. The number of hydrogen-bond acceptors (Lipinski definition) is 2. The third-order valence-electron chi connectivity index (χ3n) is 4.71. The van der Waals surface area contributed by atoms with Gasteiger partial charge in [0, 0.05) is 31.6 Å². The Bertz CT molecular complexity index is 670. The molecular weight excluding hydrogens is 330 g/mol. The van der Waals surface area contributed by atoms with Crippen molar-refractivity contribution < 1.29 is 0 Å². The molecule has 3 nitrogen and oxygen atoms in total. The van der Waals surface area contributed by atoms with Crippen LogP contribution in [0.1, 0.15) is 79.8 Å². The van der Waals surface area contributed by atoms with Crippen molar-refractivity contribution in [3.8, 4) is 0 Å². The summed E-state index contributed by atoms with van der Waals surface area (Å²) in [4.78, 5) is 4.27. The highest BCUT2D eigenvalue weighted by Gasteiger charge is 2.09. The zero-order valence-corrected chi connectivity index (χ0v) is 18.9. The Labute approximate surface area is 167 Å². The van der Waals surface area contributed by atoms with E-state index in [0.29, 0.717) is 11.8 Å². The third-order valence-corrected chi connectivity index (χ3v) is 4.71. The molecule has 1 aromatic rings. The molecule has 27 heavy (non-hydrogen) atoms. The van der Waals surface area contributed by atoms with Crippen molar-refractivity contribution in [2.45, 2.75) is 74.1 Å². The van der Waals surface area contributed by atoms with Crippen LogP contribution in [-0.4, -0.2) is 15.5 Å². The second-order valence-corrected chi connectivity index (χ2v) is 8.58. The molecule has 0 aromatic carbocycles. The first kappa shape index (κ1) is 23.1. The van der Waals surface area contributed by atoms with Crippen molar-refractivity contribution in [2.24, 2.45) is 23.9 Å². The maximum Gasteiger partial charge on any atom is 0.0649 e. The Balaban J connectivity index is 0.000000202. The second kappa shape index (κ2) is 11.1. The normalized spacial score (nSPS) is 15.7. The van der Waals surface area contributed by atoms with Crippen LogP contribution in [0.25, 0.3) is 0 Å². The van der Waals surface area contributed by atoms with E-state index in [1.807, 2.05) is 30.2 Å². The van der Waals surface area contributed by atoms with E-state index in [-0.39, 0.29) is 0 Å². The van der Waals surface area contributed by atoms with E-state index in [9.17, 15) is 0 Å². The molecule has 0 amide bonds. The lowest BCUT2D eigenvalue weighted by molar-refractivity contribution is 0.713. The summed E-state index contributed by atoms with van der Waals surface area (Å²) in [7, 11) is 1.94. The molecule has 0 N–H and O–H groups in total. The molecule has 3 heteroatoms. The van der Waals surface area contributed by atoms with Crippen LogP contribution in [0, 0.1) is 11.8 Å². The van der Waals surface area contributed by atoms with Crippen LogP contribution >= 0.6 is 0 Å². The van der Waals surface area contributed by atoms with Gasteiger partial charge in [-0.1, -0.05) is 64.8 Å². The minimum absolute atomic E-state index is 0.547. The van der Waals surface area contributed by atoms with Gasteiger partial charge in [-0.25, -0.2) is 0 Å². The highest BCUT2D eigenvalue weighted by molar-refractivity contribution is 5.90. The van der Waals surface area contributed by atoms with Crippen LogP contribution in [0.3, 0.4) is 0 Å². The van der Waals surface area contributed by atoms with E-state index < -0.39 is 0 Å². The fraction of sp³-hybridized carbons (Fsp3) is 0.583. The summed E-state index contributed by atoms with van der Waals surface area (Å²) in [6.45, 7) is 17.5. The first-order chi connectivity index (χ1) is 12.6. The number of aliphatic imine (C=N–C) groups is 1. The lowest BCUT2D eigenvalue weighted by atomic mass is 10.0. The first-order valence-electron chi connectivity index (χ1n) is 10.2. The van der Waals surface area contributed by atoms with Crippen molar-refractivity contribution in [2.75, 3.05) is 0 Å². The largest absolute Gasteiger partial charge is 0.276 e. The zero-order valence-electron chi connectivity index (χ0n) is 18.9. The molecule has 0 fully saturated rings. The van der Waals surface area contributed by atoms with E-state index in [2.05, 4.69) is 77.6 Å². The molecule has 0 radical (unpaired) electrons. The van der Waals surface area contributed by atoms with Gasteiger partial charge in [-0.05, 0) is 49.7 Å². The minimum Gasteiger partial charge on any atom is -0.276 e. The predicted octanol–water partition coefficient (Wildman–Crippen LogP) is 6.85. The van der Waals surface area contributed by atoms with Crippen molar-refractivity contribution in [3.63, 3.8) is 0 Å². The third kappa shape index (κ3) is 8.55. The summed E-state index contributed by atoms with van der Waals surface area (Å²) in [5.74, 6) is 1.91. The molecule has 150 valence electrons. The minimum atomic E-state index is 0.547. The average molecular weight is 370 g/mol. The first-order valence-corrected chi connectivity index (χ1v) is 10.2. The van der Waals surface area contributed by atoms with Gasteiger partial charge in [-0.3, -0.25) is 9.67 Å². The summed E-state index contributed by atoms with van der Waals surface area (Å²) >= 11 is 0. The lowest BCUT2D eigenvalue weighted by Crippen LogP contribution is -2.03. The standard InChI is InChI=1S/C9H14.C8H13N.C7H12N2/c1-7(2)9-5-4-8(3)6-9;1-6(2)8-4-7(3)5-9-8;1-6(2)7-4-5-9(3)8-7/h4-5,7H,6H2,1-3H3;5-6H,4H2,1-3H3;4-6H,1-3H3. The number of hydrogen-bond donors (Lipinski definition) is 0. The Morgan fingerprint density at radius 1 is 0.852 bits per heavy atom. The predicted molar refractivity (Wildman–Crippen MR) is 119 cm³/mol. The van der Waals surface area contributed by atoms with Gasteiger partial charge in [0.25, 0.3) is 0 Å². The topological polar surface area (TPSA) is 30.2 Å². The Hall–Kier alpha value is -1.90. The maximum atomic E-state index is 4.27. The molecule has 1 aliphatic heterocycles. The fourth-order valence-corrected chi connectivity index (χ4v) is 2.75. The fourth-order valence-electron chi connectivity index (χ4n) is 2.75. The Kier molecular flexibility index (Phi) is 9.48. The molecule has 2 aliphatic rings. The van der Waals surface area contributed by atoms with E-state index in [1.54, 1.807) is 5.57 Å². The van der Waals surface area contributed by atoms with Crippen molar-refractivity contribution >= 4 is 5.71 Å². The van der Waals surface area contributed by atoms with Crippen LogP contribution in [-0.2, 0) is 7.05 Å². The summed E-state index contributed by atoms with van der Waals surface area (Å²) in [5.41, 5.74) is 6.95. The van der Waals surface area contributed by atoms with Gasteiger partial charge in [0.15, 0.2) is 0 Å². The van der Waals surface area contributed by atoms with Gasteiger partial charge in [0.1, 0.15) is 0 Å². The van der Waals surface area contributed by atoms with E-state index >= 15 is 0 Å². The van der Waals surface area contributed by atoms with E-state index in [4.69, 9.17) is 0 Å². The van der Waals surface area contributed by atoms with Crippen molar-refractivity contribution in [1.29, 1.82) is 0 Å². The smallest absolute Gasteiger partial charge is 0.0649 e. The molecule has 3 rings (SSSR count). The van der Waals surface area contributed by atoms with E-state index in [1.165, 1.54) is 23.3 Å². The molecule has 2 heterocycles. The van der Waals surface area contributed by atoms with Crippen LogP contribution in [0.2, 0.25) is 0 Å². The van der Waals surface area contributed by atoms with Crippen LogP contribution < -0.4 is 0 Å². The molecule has 1 aliphatic carbocycles. The molecule has 0 unspecified atom stereocenters. The molecular formula is C24H39N3. The Morgan fingerprint density at radius 2 is 1.52 bits per heavy atom. The molecule has 1 aromatic heterocycles. The van der Waals surface area contributed by atoms with Crippen molar-refractivity contribution in [1.82, 2.24) is 9.78 Å². The second-order valence-electron chi connectivity index (χ2n) is 8.58. The summed E-state index contributed by atoms with van der Waals surface area (Å²) in [6, 6.07) is 2.05. The van der Waals surface area contributed by atoms with Crippen LogP contribution in [0.5, 0.6) is 0 Å². The van der Waals surface area contributed by atoms with Gasteiger partial charge in [0.2, 0.25) is 0 Å². The molecule has 0 saturated heterocycles. The van der Waals surface area contributed by atoms with Crippen LogP contribution in [0.15, 0.2) is 52.3 Å². The van der Waals surface area contributed by atoms with Crippen molar-refractivity contribution in [3.05, 3.63) is 53.0 Å². The highest BCUT2D eigenvalue weighted by Crippen LogP contribution is 2.24. The number of rotatable bonds is 3. The van der Waals surface area contributed by atoms with Gasteiger partial charge >= 0.3 is 0 Å². The Morgan fingerprint density at radius 3 is 1.74 bits per heavy atom. The quantitative estimate of drug-likeness (QED) is 0.573. The maximum absolute atomic E-state index is 4.27. The zero-order chi connectivity index (χ0) is 20.6. The number of nitrogens with zero attached hydrogens (tertiary/aromatic N) is 3. The summed E-state index contributed by atoms with van der Waals surface area (Å²) in [5, 5.41) is 4.23. The van der Waals surface area contributed by atoms with E-state index in [0.717, 1.165) is 18.0 Å². The monoisotopic (exact) mass is 369 g/mol. The molecule has 0 atom stereocenters. The van der Waals surface area contributed by atoms with Crippen LogP contribution in [0.4, 0.5) is 0 Å². The van der Waals surface area contributed by atoms with Gasteiger partial charge in [-0.2, -0.15) is 5.10 Å². The number of aryl methyl sites for hydroxylation is 1. The number of aromatic nitrogens is 2. The molecule has 0 bridgehead atoms. The molecule has 0 saturated carbocycles. The summed E-state index contributed by atoms with van der Waals surface area (Å²) in [6.07, 6.45) is 10.7. The number of allylic oxidation sites excluding steroid dienone is 5. The summed E-state index contributed by atoms with van der Waals surface area (Å²) < 4.78 is 1.83. The highest BCUT2D eigenvalue weighted by atomic mass is 15.2.